The first-order valence-electron chi connectivity index (χ1n) is 9.03. The van der Waals surface area contributed by atoms with Gasteiger partial charge in [-0.15, -0.1) is 13.2 Å². The van der Waals surface area contributed by atoms with Crippen molar-refractivity contribution in [2.45, 2.75) is 31.7 Å². The Labute approximate surface area is 168 Å². The van der Waals surface area contributed by atoms with Gasteiger partial charge in [0.1, 0.15) is 11.8 Å². The predicted octanol–water partition coefficient (Wildman–Crippen LogP) is 3.72. The lowest BCUT2D eigenvalue weighted by Gasteiger charge is -2.18. The lowest BCUT2D eigenvalue weighted by atomic mass is 10.1. The van der Waals surface area contributed by atoms with Crippen molar-refractivity contribution in [1.29, 1.82) is 0 Å². The van der Waals surface area contributed by atoms with E-state index in [9.17, 15) is 31.5 Å². The third-order valence-corrected chi connectivity index (χ3v) is 4.56. The first-order chi connectivity index (χ1) is 14.1. The average Bonchev–Trinajstić information content (AvgIpc) is 3.02. The maximum atomic E-state index is 13.6. The molecule has 2 amide bonds. The fraction of sp³-hybridized carbons (Fsp3) is 0.300. The molecular weight excluding hydrogens is 411 g/mol. The highest BCUT2D eigenvalue weighted by atomic mass is 19.4. The number of nitrogens with zero attached hydrogens (tertiary/aromatic N) is 1. The van der Waals surface area contributed by atoms with Crippen molar-refractivity contribution in [2.75, 3.05) is 11.4 Å². The van der Waals surface area contributed by atoms with Crippen LogP contribution in [0.4, 0.5) is 27.6 Å². The Kier molecular flexibility index (Phi) is 6.23. The highest BCUT2D eigenvalue weighted by Crippen LogP contribution is 2.29. The van der Waals surface area contributed by atoms with Gasteiger partial charge in [0.15, 0.2) is 11.6 Å². The van der Waals surface area contributed by atoms with Crippen LogP contribution in [0.2, 0.25) is 0 Å². The molecule has 5 nitrogen and oxygen atoms in total. The minimum absolute atomic E-state index is 0.0448. The van der Waals surface area contributed by atoms with Gasteiger partial charge in [-0.25, -0.2) is 8.78 Å². The van der Waals surface area contributed by atoms with E-state index in [4.69, 9.17) is 0 Å². The number of benzene rings is 2. The van der Waals surface area contributed by atoms with Gasteiger partial charge < -0.3 is 15.0 Å². The molecule has 0 aromatic heterocycles. The minimum Gasteiger partial charge on any atom is -0.406 e. The molecule has 1 fully saturated rings. The lowest BCUT2D eigenvalue weighted by molar-refractivity contribution is -0.274. The number of amides is 2. The fourth-order valence-electron chi connectivity index (χ4n) is 3.17. The Hall–Kier alpha value is -3.17. The van der Waals surface area contributed by atoms with Crippen molar-refractivity contribution in [3.8, 4) is 5.75 Å². The van der Waals surface area contributed by atoms with Crippen LogP contribution in [-0.4, -0.2) is 30.8 Å². The number of halogens is 5. The number of hydrogen-bond acceptors (Lipinski definition) is 3. The van der Waals surface area contributed by atoms with Crippen LogP contribution in [0.1, 0.15) is 18.4 Å². The number of alkyl halides is 3. The Balaban J connectivity index is 1.58. The maximum Gasteiger partial charge on any atom is 0.573 e. The first-order valence-corrected chi connectivity index (χ1v) is 9.03. The summed E-state index contributed by atoms with van der Waals surface area (Å²) in [7, 11) is 0. The van der Waals surface area contributed by atoms with Crippen molar-refractivity contribution in [3.63, 3.8) is 0 Å². The number of anilines is 1. The molecule has 1 saturated heterocycles. The summed E-state index contributed by atoms with van der Waals surface area (Å²) in [4.78, 5) is 25.9. The zero-order chi connectivity index (χ0) is 21.9. The van der Waals surface area contributed by atoms with Crippen LogP contribution in [0.15, 0.2) is 42.5 Å². The van der Waals surface area contributed by atoms with E-state index in [-0.39, 0.29) is 37.1 Å². The molecule has 1 atom stereocenters. The summed E-state index contributed by atoms with van der Waals surface area (Å²) in [6.07, 6.45) is -4.80. The fourth-order valence-corrected chi connectivity index (χ4v) is 3.17. The average molecular weight is 428 g/mol. The molecule has 0 bridgehead atoms. The molecule has 0 saturated carbocycles. The van der Waals surface area contributed by atoms with Crippen LogP contribution in [0, 0.1) is 11.6 Å². The second kappa shape index (κ2) is 8.68. The molecule has 30 heavy (non-hydrogen) atoms. The van der Waals surface area contributed by atoms with Crippen LogP contribution in [0.3, 0.4) is 0 Å². The molecule has 0 radical (unpaired) electrons. The van der Waals surface area contributed by atoms with Gasteiger partial charge >= 0.3 is 6.36 Å². The van der Waals surface area contributed by atoms with E-state index in [1.807, 2.05) is 0 Å². The zero-order valence-corrected chi connectivity index (χ0v) is 15.5. The van der Waals surface area contributed by atoms with Gasteiger partial charge in [0.05, 0.1) is 0 Å². The molecule has 1 unspecified atom stereocenters. The summed E-state index contributed by atoms with van der Waals surface area (Å²) in [5, 5.41) is 2.53. The van der Waals surface area contributed by atoms with Gasteiger partial charge in [0.2, 0.25) is 11.8 Å². The summed E-state index contributed by atoms with van der Waals surface area (Å²) >= 11 is 0. The molecule has 2 aromatic carbocycles. The van der Waals surface area contributed by atoms with E-state index < -0.39 is 41.6 Å². The molecule has 1 aliphatic rings. The molecule has 1 aliphatic heterocycles. The number of carbonyl (C=O) groups excluding carboxylic acids is 2. The molecule has 160 valence electrons. The van der Waals surface area contributed by atoms with E-state index in [0.29, 0.717) is 0 Å². The largest absolute Gasteiger partial charge is 0.573 e. The Morgan fingerprint density at radius 2 is 1.90 bits per heavy atom. The summed E-state index contributed by atoms with van der Waals surface area (Å²) in [5.41, 5.74) is 0.256. The third kappa shape index (κ3) is 5.25. The van der Waals surface area contributed by atoms with Gasteiger partial charge in [-0.3, -0.25) is 9.59 Å². The monoisotopic (exact) mass is 428 g/mol. The van der Waals surface area contributed by atoms with E-state index in [1.165, 1.54) is 29.2 Å². The number of aryl methyl sites for hydroxylation is 1. The van der Waals surface area contributed by atoms with Gasteiger partial charge in [0, 0.05) is 24.7 Å². The topological polar surface area (TPSA) is 58.6 Å². The zero-order valence-electron chi connectivity index (χ0n) is 15.5. The van der Waals surface area contributed by atoms with E-state index in [1.54, 1.807) is 0 Å². The summed E-state index contributed by atoms with van der Waals surface area (Å²) in [6.45, 7) is 0.192. The van der Waals surface area contributed by atoms with Crippen LogP contribution in [0.25, 0.3) is 0 Å². The van der Waals surface area contributed by atoms with Gasteiger partial charge in [-0.05, 0) is 36.6 Å². The van der Waals surface area contributed by atoms with Crippen molar-refractivity contribution in [2.24, 2.45) is 0 Å². The molecule has 0 spiro atoms. The summed E-state index contributed by atoms with van der Waals surface area (Å²) < 4.78 is 67.9. The normalized spacial score (nSPS) is 16.6. The van der Waals surface area contributed by atoms with Crippen LogP contribution < -0.4 is 15.0 Å². The number of hydrogen-bond donors (Lipinski definition) is 1. The standard InChI is InChI=1S/C20H17F5N2O3/c21-15-6-1-3-12(18(15)22)7-8-17(28)26-16-9-10-27(19(16)29)13-4-2-5-14(11-13)30-20(23,24)25/h1-6,11,16H,7-10H2,(H,26,28). The van der Waals surface area contributed by atoms with Crippen molar-refractivity contribution in [1.82, 2.24) is 5.32 Å². The van der Waals surface area contributed by atoms with E-state index in [0.717, 1.165) is 18.2 Å². The first kappa shape index (κ1) is 21.5. The number of rotatable bonds is 6. The van der Waals surface area contributed by atoms with Gasteiger partial charge in [-0.1, -0.05) is 18.2 Å². The third-order valence-electron chi connectivity index (χ3n) is 4.56. The SMILES string of the molecule is O=C(CCc1cccc(F)c1F)NC1CCN(c2cccc(OC(F)(F)F)c2)C1=O. The molecule has 0 aliphatic carbocycles. The van der Waals surface area contributed by atoms with E-state index in [2.05, 4.69) is 10.1 Å². The lowest BCUT2D eigenvalue weighted by Crippen LogP contribution is -2.41. The highest BCUT2D eigenvalue weighted by molar-refractivity contribution is 6.01. The molecular formula is C20H17F5N2O3. The number of ether oxygens (including phenoxy) is 1. The van der Waals surface area contributed by atoms with Crippen LogP contribution in [0.5, 0.6) is 5.75 Å². The Bertz CT molecular complexity index is 948. The minimum atomic E-state index is -4.86. The molecule has 3 rings (SSSR count). The Morgan fingerprint density at radius 1 is 1.17 bits per heavy atom. The Morgan fingerprint density at radius 3 is 2.63 bits per heavy atom. The van der Waals surface area contributed by atoms with Crippen LogP contribution in [-0.2, 0) is 16.0 Å². The molecule has 1 N–H and O–H groups in total. The number of carbonyl (C=O) groups is 2. The second-order valence-electron chi connectivity index (χ2n) is 6.66. The maximum absolute atomic E-state index is 13.6. The highest BCUT2D eigenvalue weighted by Gasteiger charge is 2.35. The van der Waals surface area contributed by atoms with Crippen molar-refractivity contribution in [3.05, 3.63) is 59.7 Å². The second-order valence-corrected chi connectivity index (χ2v) is 6.66. The van der Waals surface area contributed by atoms with E-state index >= 15 is 0 Å². The molecule has 10 heteroatoms. The van der Waals surface area contributed by atoms with Gasteiger partial charge in [0.25, 0.3) is 0 Å². The molecule has 1 heterocycles. The quantitative estimate of drug-likeness (QED) is 0.714. The van der Waals surface area contributed by atoms with Crippen molar-refractivity contribution >= 4 is 17.5 Å². The van der Waals surface area contributed by atoms with Crippen LogP contribution >= 0.6 is 0 Å². The van der Waals surface area contributed by atoms with Crippen molar-refractivity contribution < 1.29 is 36.3 Å². The predicted molar refractivity (Wildman–Crippen MR) is 96.7 cm³/mol. The summed E-state index contributed by atoms with van der Waals surface area (Å²) in [6, 6.07) is 7.79. The smallest absolute Gasteiger partial charge is 0.406 e. The van der Waals surface area contributed by atoms with Gasteiger partial charge in [-0.2, -0.15) is 0 Å². The summed E-state index contributed by atoms with van der Waals surface area (Å²) in [5.74, 6) is -3.49. The molecule has 2 aromatic rings. The number of nitrogens with one attached hydrogen (secondary N) is 1.